The third kappa shape index (κ3) is 4.70. The average Bonchev–Trinajstić information content (AvgIpc) is 2.38. The van der Waals surface area contributed by atoms with E-state index in [0.29, 0.717) is 17.5 Å². The van der Waals surface area contributed by atoms with Gasteiger partial charge in [0.05, 0.1) is 23.8 Å². The molecule has 5 nitrogen and oxygen atoms in total. The molecule has 0 aliphatic carbocycles. The number of hydrogen-bond donors (Lipinski definition) is 2. The van der Waals surface area contributed by atoms with Gasteiger partial charge in [0, 0.05) is 32.4 Å². The highest BCUT2D eigenvalue weighted by Crippen LogP contribution is 2.09. The zero-order chi connectivity index (χ0) is 14.3. The van der Waals surface area contributed by atoms with E-state index < -0.39 is 6.10 Å². The second-order valence-corrected chi connectivity index (χ2v) is 4.23. The molecule has 102 valence electrons. The van der Waals surface area contributed by atoms with Crippen LogP contribution in [0.4, 0.5) is 0 Å². The summed E-state index contributed by atoms with van der Waals surface area (Å²) in [6.07, 6.45) is 2.82. The number of aromatic nitrogens is 1. The number of pyridine rings is 1. The van der Waals surface area contributed by atoms with Gasteiger partial charge in [-0.1, -0.05) is 11.8 Å². The number of carbonyl (C=O) groups excluding carboxylic acids is 1. The molecule has 0 spiro atoms. The lowest BCUT2D eigenvalue weighted by Crippen LogP contribution is -2.33. The molecule has 1 amide bonds. The number of rotatable bonds is 4. The van der Waals surface area contributed by atoms with Gasteiger partial charge < -0.3 is 15.1 Å². The number of carbonyl (C=O) groups is 1. The Balaban J connectivity index is 2.94. The van der Waals surface area contributed by atoms with Crippen LogP contribution in [0.1, 0.15) is 29.3 Å². The van der Waals surface area contributed by atoms with E-state index >= 15 is 0 Å². The van der Waals surface area contributed by atoms with E-state index in [4.69, 9.17) is 5.11 Å². The van der Waals surface area contributed by atoms with Crippen LogP contribution in [0.15, 0.2) is 18.5 Å². The van der Waals surface area contributed by atoms with Crippen molar-refractivity contribution >= 4 is 5.91 Å². The average molecular weight is 262 g/mol. The SMILES string of the molecule is CC(O)CN(C)C(=O)c1ccncc1C#CCCO. The fourth-order valence-corrected chi connectivity index (χ4v) is 1.58. The van der Waals surface area contributed by atoms with Crippen LogP contribution >= 0.6 is 0 Å². The first kappa shape index (κ1) is 15.2. The van der Waals surface area contributed by atoms with E-state index in [9.17, 15) is 9.90 Å². The third-order valence-electron chi connectivity index (χ3n) is 2.40. The molecule has 1 aromatic rings. The normalized spacial score (nSPS) is 11.4. The quantitative estimate of drug-likeness (QED) is 0.764. The summed E-state index contributed by atoms with van der Waals surface area (Å²) in [6, 6.07) is 1.60. The maximum atomic E-state index is 12.2. The van der Waals surface area contributed by atoms with E-state index in [1.165, 1.54) is 17.3 Å². The van der Waals surface area contributed by atoms with Gasteiger partial charge in [0.15, 0.2) is 0 Å². The molecule has 0 saturated carbocycles. The first-order valence-electron chi connectivity index (χ1n) is 6.03. The first-order valence-corrected chi connectivity index (χ1v) is 6.03. The Morgan fingerprint density at radius 1 is 1.58 bits per heavy atom. The fraction of sp³-hybridized carbons (Fsp3) is 0.429. The molecule has 5 heteroatoms. The summed E-state index contributed by atoms with van der Waals surface area (Å²) in [5, 5.41) is 18.0. The lowest BCUT2D eigenvalue weighted by Gasteiger charge is -2.19. The van der Waals surface area contributed by atoms with Gasteiger partial charge in [-0.15, -0.1) is 0 Å². The number of aliphatic hydroxyl groups excluding tert-OH is 2. The summed E-state index contributed by atoms with van der Waals surface area (Å²) >= 11 is 0. The highest BCUT2D eigenvalue weighted by Gasteiger charge is 2.16. The predicted molar refractivity (Wildman–Crippen MR) is 71.5 cm³/mol. The highest BCUT2D eigenvalue weighted by molar-refractivity contribution is 5.96. The molecule has 1 rings (SSSR count). The molecule has 1 unspecified atom stereocenters. The molecule has 1 heterocycles. The number of hydrogen-bond acceptors (Lipinski definition) is 4. The summed E-state index contributed by atoms with van der Waals surface area (Å²) in [6.45, 7) is 1.86. The van der Waals surface area contributed by atoms with E-state index in [1.54, 1.807) is 20.0 Å². The Kier molecular flexibility index (Phi) is 6.00. The Morgan fingerprint density at radius 2 is 2.32 bits per heavy atom. The molecule has 0 bridgehead atoms. The van der Waals surface area contributed by atoms with Gasteiger partial charge in [0.2, 0.25) is 0 Å². The molecule has 0 aromatic carbocycles. The first-order chi connectivity index (χ1) is 9.06. The van der Waals surface area contributed by atoms with E-state index in [-0.39, 0.29) is 19.1 Å². The van der Waals surface area contributed by atoms with Crippen LogP contribution in [0.25, 0.3) is 0 Å². The maximum Gasteiger partial charge on any atom is 0.255 e. The highest BCUT2D eigenvalue weighted by atomic mass is 16.3. The minimum atomic E-state index is -0.584. The number of amides is 1. The fourth-order valence-electron chi connectivity index (χ4n) is 1.58. The molecule has 0 radical (unpaired) electrons. The summed E-state index contributed by atoms with van der Waals surface area (Å²) < 4.78 is 0. The van der Waals surface area contributed by atoms with Crippen molar-refractivity contribution in [2.24, 2.45) is 0 Å². The van der Waals surface area contributed by atoms with Gasteiger partial charge in [0.25, 0.3) is 5.91 Å². The molecule has 0 aliphatic heterocycles. The monoisotopic (exact) mass is 262 g/mol. The Morgan fingerprint density at radius 3 is 2.95 bits per heavy atom. The topological polar surface area (TPSA) is 73.7 Å². The van der Waals surface area contributed by atoms with Gasteiger partial charge >= 0.3 is 0 Å². The smallest absolute Gasteiger partial charge is 0.255 e. The van der Waals surface area contributed by atoms with Crippen LogP contribution in [0, 0.1) is 11.8 Å². The summed E-state index contributed by atoms with van der Waals surface area (Å²) in [4.78, 5) is 17.6. The van der Waals surface area contributed by atoms with Crippen LogP contribution < -0.4 is 0 Å². The van der Waals surface area contributed by atoms with Crippen molar-refractivity contribution < 1.29 is 15.0 Å². The van der Waals surface area contributed by atoms with Crippen molar-refractivity contribution in [2.75, 3.05) is 20.2 Å². The molecule has 2 N–H and O–H groups in total. The van der Waals surface area contributed by atoms with Gasteiger partial charge in [-0.05, 0) is 13.0 Å². The van der Waals surface area contributed by atoms with Gasteiger partial charge in [-0.2, -0.15) is 0 Å². The Hall–Kier alpha value is -1.90. The van der Waals surface area contributed by atoms with Crippen molar-refractivity contribution in [2.45, 2.75) is 19.4 Å². The van der Waals surface area contributed by atoms with Crippen molar-refractivity contribution in [1.82, 2.24) is 9.88 Å². The van der Waals surface area contributed by atoms with Crippen LogP contribution in [0.5, 0.6) is 0 Å². The number of aliphatic hydroxyl groups is 2. The zero-order valence-corrected chi connectivity index (χ0v) is 11.1. The molecule has 1 atom stereocenters. The Bertz CT molecular complexity index is 489. The summed E-state index contributed by atoms with van der Waals surface area (Å²) in [7, 11) is 1.63. The molecular formula is C14H18N2O3. The third-order valence-corrected chi connectivity index (χ3v) is 2.40. The van der Waals surface area contributed by atoms with E-state index in [1.807, 2.05) is 0 Å². The minimum absolute atomic E-state index is 0.0154. The number of nitrogens with zero attached hydrogens (tertiary/aromatic N) is 2. The molecule has 0 aliphatic rings. The molecule has 0 saturated heterocycles. The standard InChI is InChI=1S/C14H18N2O3/c1-11(18)10-16(2)14(19)13-6-7-15-9-12(13)5-3-4-8-17/h6-7,9,11,17-18H,4,8,10H2,1-2H3. The molecular weight excluding hydrogens is 244 g/mol. The van der Waals surface area contributed by atoms with Crippen molar-refractivity contribution in [1.29, 1.82) is 0 Å². The number of likely N-dealkylation sites (N-methyl/N-ethyl adjacent to an activating group) is 1. The van der Waals surface area contributed by atoms with E-state index in [2.05, 4.69) is 16.8 Å². The van der Waals surface area contributed by atoms with Crippen LogP contribution in [-0.4, -0.2) is 52.3 Å². The van der Waals surface area contributed by atoms with E-state index in [0.717, 1.165) is 0 Å². The van der Waals surface area contributed by atoms with Crippen molar-refractivity contribution in [3.8, 4) is 11.8 Å². The lowest BCUT2D eigenvalue weighted by atomic mass is 10.1. The minimum Gasteiger partial charge on any atom is -0.395 e. The van der Waals surface area contributed by atoms with Crippen molar-refractivity contribution in [3.05, 3.63) is 29.6 Å². The summed E-state index contributed by atoms with van der Waals surface area (Å²) in [5.41, 5.74) is 0.974. The van der Waals surface area contributed by atoms with Gasteiger partial charge in [0.1, 0.15) is 0 Å². The molecule has 19 heavy (non-hydrogen) atoms. The summed E-state index contributed by atoms with van der Waals surface area (Å²) in [5.74, 6) is 5.38. The second kappa shape index (κ2) is 7.52. The largest absolute Gasteiger partial charge is 0.395 e. The van der Waals surface area contributed by atoms with Gasteiger partial charge in [-0.3, -0.25) is 9.78 Å². The molecule has 0 fully saturated rings. The molecule has 1 aromatic heterocycles. The predicted octanol–water partition coefficient (Wildman–Crippen LogP) is 0.268. The van der Waals surface area contributed by atoms with Crippen molar-refractivity contribution in [3.63, 3.8) is 0 Å². The van der Waals surface area contributed by atoms with Crippen LogP contribution in [0.3, 0.4) is 0 Å². The second-order valence-electron chi connectivity index (χ2n) is 4.23. The van der Waals surface area contributed by atoms with Crippen LogP contribution in [0.2, 0.25) is 0 Å². The lowest BCUT2D eigenvalue weighted by molar-refractivity contribution is 0.0703. The van der Waals surface area contributed by atoms with Crippen LogP contribution in [-0.2, 0) is 0 Å². The van der Waals surface area contributed by atoms with Gasteiger partial charge in [-0.25, -0.2) is 0 Å². The Labute approximate surface area is 112 Å². The maximum absolute atomic E-state index is 12.2. The zero-order valence-electron chi connectivity index (χ0n) is 11.1.